The third kappa shape index (κ3) is 2.55. The Morgan fingerprint density at radius 3 is 2.43 bits per heavy atom. The third-order valence-electron chi connectivity index (χ3n) is 8.69. The maximum absolute atomic E-state index is 12.0. The van der Waals surface area contributed by atoms with Gasteiger partial charge in [-0.05, 0) is 49.9 Å². The van der Waals surface area contributed by atoms with Crippen molar-refractivity contribution < 1.29 is 19.1 Å². The van der Waals surface area contributed by atoms with Crippen LogP contribution in [0.25, 0.3) is 0 Å². The van der Waals surface area contributed by atoms with E-state index < -0.39 is 0 Å². The first-order valence-electron chi connectivity index (χ1n) is 10.7. The van der Waals surface area contributed by atoms with Crippen LogP contribution in [-0.2, 0) is 19.1 Å². The Balaban J connectivity index is 1.86. The van der Waals surface area contributed by atoms with E-state index >= 15 is 0 Å². The number of rotatable bonds is 2. The molecule has 0 aliphatic heterocycles. The summed E-state index contributed by atoms with van der Waals surface area (Å²) >= 11 is 0. The van der Waals surface area contributed by atoms with Gasteiger partial charge in [-0.25, -0.2) is 0 Å². The van der Waals surface area contributed by atoms with Crippen LogP contribution in [0.5, 0.6) is 0 Å². The van der Waals surface area contributed by atoms with Gasteiger partial charge in [0, 0.05) is 30.6 Å². The molecule has 0 radical (unpaired) electrons. The predicted octanol–water partition coefficient (Wildman–Crippen LogP) is 4.98. The highest BCUT2D eigenvalue weighted by atomic mass is 16.5. The standard InChI is InChI=1S/C24H34O4/c1-14-12-24-13-19(27-15(2)25)18(14)11-17(24)7-8-20-22(4,5)10-9-21(23(20,24)6)28-16(3)26/h11,18-21H,1,7-10,12-13H2,2-6H3/t18-,19-,20?,21+,23+,24-/m1/s1. The summed E-state index contributed by atoms with van der Waals surface area (Å²) in [4.78, 5) is 23.8. The second kappa shape index (κ2) is 6.21. The lowest BCUT2D eigenvalue weighted by atomic mass is 9.36. The second-order valence-electron chi connectivity index (χ2n) is 10.5. The molecule has 5 aliphatic rings. The molecule has 1 spiro atoms. The summed E-state index contributed by atoms with van der Waals surface area (Å²) < 4.78 is 11.8. The largest absolute Gasteiger partial charge is 0.462 e. The zero-order valence-corrected chi connectivity index (χ0v) is 18.0. The topological polar surface area (TPSA) is 52.6 Å². The van der Waals surface area contributed by atoms with Gasteiger partial charge in [-0.1, -0.05) is 44.6 Å². The number of allylic oxidation sites excluding steroid dienone is 1. The van der Waals surface area contributed by atoms with Gasteiger partial charge < -0.3 is 9.47 Å². The summed E-state index contributed by atoms with van der Waals surface area (Å²) in [5.74, 6) is 0.159. The highest BCUT2D eigenvalue weighted by Gasteiger charge is 2.69. The van der Waals surface area contributed by atoms with Crippen molar-refractivity contribution in [3.8, 4) is 0 Å². The fourth-order valence-corrected chi connectivity index (χ4v) is 7.59. The highest BCUT2D eigenvalue weighted by Crippen LogP contribution is 2.73. The quantitative estimate of drug-likeness (QED) is 0.496. The molecule has 4 heteroatoms. The molecule has 0 aromatic carbocycles. The number of hydrogen-bond donors (Lipinski definition) is 0. The van der Waals surface area contributed by atoms with E-state index in [-0.39, 0.29) is 46.3 Å². The Bertz CT molecular complexity index is 763. The van der Waals surface area contributed by atoms with Crippen LogP contribution in [0, 0.1) is 28.1 Å². The van der Waals surface area contributed by atoms with Crippen molar-refractivity contribution in [1.82, 2.24) is 0 Å². The Morgan fingerprint density at radius 1 is 1.11 bits per heavy atom. The van der Waals surface area contributed by atoms with Gasteiger partial charge in [-0.2, -0.15) is 0 Å². The summed E-state index contributed by atoms with van der Waals surface area (Å²) in [6.07, 6.45) is 8.01. The lowest BCUT2D eigenvalue weighted by Crippen LogP contribution is -2.66. The monoisotopic (exact) mass is 386 g/mol. The predicted molar refractivity (Wildman–Crippen MR) is 107 cm³/mol. The van der Waals surface area contributed by atoms with Crippen LogP contribution in [0.4, 0.5) is 0 Å². The summed E-state index contributed by atoms with van der Waals surface area (Å²) in [5, 5.41) is 0. The summed E-state index contributed by atoms with van der Waals surface area (Å²) in [7, 11) is 0. The van der Waals surface area contributed by atoms with Crippen molar-refractivity contribution in [2.24, 2.45) is 28.1 Å². The average molecular weight is 387 g/mol. The van der Waals surface area contributed by atoms with Gasteiger partial charge in [0.15, 0.2) is 0 Å². The van der Waals surface area contributed by atoms with Gasteiger partial charge in [-0.15, -0.1) is 0 Å². The highest BCUT2D eigenvalue weighted by molar-refractivity contribution is 5.67. The molecule has 5 aliphatic carbocycles. The van der Waals surface area contributed by atoms with Crippen LogP contribution in [0.15, 0.2) is 23.8 Å². The first-order valence-corrected chi connectivity index (χ1v) is 10.7. The van der Waals surface area contributed by atoms with Crippen LogP contribution in [0.2, 0.25) is 0 Å². The number of carbonyl (C=O) groups excluding carboxylic acids is 2. The molecule has 0 aromatic heterocycles. The fourth-order valence-electron chi connectivity index (χ4n) is 7.59. The van der Waals surface area contributed by atoms with Crippen molar-refractivity contribution in [2.75, 3.05) is 0 Å². The number of esters is 2. The summed E-state index contributed by atoms with van der Waals surface area (Å²) in [6.45, 7) is 14.5. The maximum atomic E-state index is 12.0. The molecule has 3 saturated carbocycles. The first kappa shape index (κ1) is 19.7. The third-order valence-corrected chi connectivity index (χ3v) is 8.69. The van der Waals surface area contributed by atoms with Crippen molar-refractivity contribution in [1.29, 1.82) is 0 Å². The van der Waals surface area contributed by atoms with E-state index in [1.807, 2.05) is 0 Å². The molecule has 5 rings (SSSR count). The normalized spacial score (nSPS) is 43.5. The zero-order valence-electron chi connectivity index (χ0n) is 18.0. The minimum atomic E-state index is -0.227. The van der Waals surface area contributed by atoms with E-state index in [9.17, 15) is 9.59 Å². The molecule has 154 valence electrons. The van der Waals surface area contributed by atoms with Crippen molar-refractivity contribution >= 4 is 11.9 Å². The Hall–Kier alpha value is -1.58. The van der Waals surface area contributed by atoms with Gasteiger partial charge in [0.2, 0.25) is 0 Å². The lowest BCUT2D eigenvalue weighted by Gasteiger charge is -2.69. The lowest BCUT2D eigenvalue weighted by molar-refractivity contribution is -0.213. The van der Waals surface area contributed by atoms with Gasteiger partial charge in [0.1, 0.15) is 12.2 Å². The molecule has 4 nitrogen and oxygen atoms in total. The van der Waals surface area contributed by atoms with E-state index in [0.717, 1.165) is 44.1 Å². The van der Waals surface area contributed by atoms with Gasteiger partial charge >= 0.3 is 11.9 Å². The number of ether oxygens (including phenoxy) is 2. The molecule has 6 atom stereocenters. The van der Waals surface area contributed by atoms with E-state index in [2.05, 4.69) is 33.4 Å². The van der Waals surface area contributed by atoms with Crippen LogP contribution in [0.1, 0.15) is 73.1 Å². The van der Waals surface area contributed by atoms with Crippen molar-refractivity contribution in [3.63, 3.8) is 0 Å². The van der Waals surface area contributed by atoms with E-state index in [1.165, 1.54) is 19.4 Å². The average Bonchev–Trinajstić information content (AvgIpc) is 2.56. The minimum absolute atomic E-state index is 0.104. The molecule has 2 bridgehead atoms. The van der Waals surface area contributed by atoms with Gasteiger partial charge in [-0.3, -0.25) is 9.59 Å². The molecule has 0 amide bonds. The fraction of sp³-hybridized carbons (Fsp3) is 0.750. The molecule has 0 heterocycles. The van der Waals surface area contributed by atoms with Gasteiger partial charge in [0.05, 0.1) is 0 Å². The zero-order chi connectivity index (χ0) is 20.5. The summed E-state index contributed by atoms with van der Waals surface area (Å²) in [6, 6.07) is 0. The van der Waals surface area contributed by atoms with E-state index in [1.54, 1.807) is 0 Å². The number of fused-ring (bicyclic) bond motifs is 3. The smallest absolute Gasteiger partial charge is 0.302 e. The molecule has 1 unspecified atom stereocenters. The molecular weight excluding hydrogens is 352 g/mol. The Morgan fingerprint density at radius 2 is 1.79 bits per heavy atom. The SMILES string of the molecule is C=C1C[C@@]23C[C@@H](OC(C)=O)[C@@H]1C=C2CCC1C(C)(C)CC[C@H](OC(C)=O)[C@]13C. The molecule has 28 heavy (non-hydrogen) atoms. The van der Waals surface area contributed by atoms with Crippen molar-refractivity contribution in [2.45, 2.75) is 85.4 Å². The van der Waals surface area contributed by atoms with Crippen LogP contribution in [-0.4, -0.2) is 24.1 Å². The molecule has 3 fully saturated rings. The minimum Gasteiger partial charge on any atom is -0.462 e. The Labute approximate surface area is 168 Å². The Kier molecular flexibility index (Phi) is 4.37. The van der Waals surface area contributed by atoms with Gasteiger partial charge in [0.25, 0.3) is 0 Å². The molecule has 0 N–H and O–H groups in total. The van der Waals surface area contributed by atoms with E-state index in [4.69, 9.17) is 9.47 Å². The molecule has 0 saturated heterocycles. The van der Waals surface area contributed by atoms with Crippen LogP contribution in [0.3, 0.4) is 0 Å². The first-order chi connectivity index (χ1) is 13.0. The second-order valence-corrected chi connectivity index (χ2v) is 10.5. The number of hydrogen-bond acceptors (Lipinski definition) is 4. The maximum Gasteiger partial charge on any atom is 0.302 e. The molecule has 0 aromatic rings. The number of carbonyl (C=O) groups is 2. The van der Waals surface area contributed by atoms with Crippen LogP contribution < -0.4 is 0 Å². The van der Waals surface area contributed by atoms with Crippen molar-refractivity contribution in [3.05, 3.63) is 23.8 Å². The molecular formula is C24H34O4. The van der Waals surface area contributed by atoms with E-state index in [0.29, 0.717) is 5.92 Å². The van der Waals surface area contributed by atoms with Crippen LogP contribution >= 0.6 is 0 Å². The summed E-state index contributed by atoms with van der Waals surface area (Å²) in [5.41, 5.74) is 2.52.